The van der Waals surface area contributed by atoms with E-state index >= 15 is 0 Å². The molecule has 0 aliphatic carbocycles. The topological polar surface area (TPSA) is 9.23 Å². The third-order valence-electron chi connectivity index (χ3n) is 4.55. The minimum absolute atomic E-state index is 0.303. The monoisotopic (exact) mass is 418 g/mol. The molecule has 1 nitrogen and oxygen atoms in total. The van der Waals surface area contributed by atoms with E-state index in [-0.39, 0.29) is 11.3 Å². The molecule has 3 aromatic carbocycles. The second-order valence-electron chi connectivity index (χ2n) is 6.91. The highest BCUT2D eigenvalue weighted by Gasteiger charge is 2.31. The van der Waals surface area contributed by atoms with Crippen molar-refractivity contribution >= 4 is 10.8 Å². The van der Waals surface area contributed by atoms with Gasteiger partial charge in [-0.15, -0.1) is 13.2 Å². The molecule has 0 unspecified atom stereocenters. The van der Waals surface area contributed by atoms with Crippen molar-refractivity contribution in [1.29, 1.82) is 0 Å². The number of aryl methyl sites for hydroxylation is 1. The molecule has 0 aliphatic rings. The zero-order chi connectivity index (χ0) is 21.7. The molecule has 0 saturated carbocycles. The van der Waals surface area contributed by atoms with Gasteiger partial charge in [-0.25, -0.2) is 8.78 Å². The van der Waals surface area contributed by atoms with Crippen LogP contribution in [-0.4, -0.2) is 6.36 Å². The van der Waals surface area contributed by atoms with Gasteiger partial charge in [0.2, 0.25) is 0 Å². The van der Waals surface area contributed by atoms with Crippen LogP contribution in [0.15, 0.2) is 48.5 Å². The molecule has 0 bridgehead atoms. The summed E-state index contributed by atoms with van der Waals surface area (Å²) in [6, 6.07) is 11.3. The zero-order valence-corrected chi connectivity index (χ0v) is 16.2. The highest BCUT2D eigenvalue weighted by molar-refractivity contribution is 5.85. The quantitative estimate of drug-likeness (QED) is 0.243. The van der Waals surface area contributed by atoms with E-state index < -0.39 is 18.0 Å². The average Bonchev–Trinajstić information content (AvgIpc) is 2.66. The van der Waals surface area contributed by atoms with E-state index in [2.05, 4.69) is 23.5 Å². The Morgan fingerprint density at radius 1 is 0.833 bits per heavy atom. The molecule has 0 N–H and O–H groups in total. The van der Waals surface area contributed by atoms with Crippen molar-refractivity contribution in [2.45, 2.75) is 39.0 Å². The summed E-state index contributed by atoms with van der Waals surface area (Å²) in [6.45, 7) is 2.06. The number of halogens is 5. The third kappa shape index (κ3) is 5.73. The lowest BCUT2D eigenvalue weighted by Gasteiger charge is -2.09. The number of hydrogen-bond acceptors (Lipinski definition) is 1. The summed E-state index contributed by atoms with van der Waals surface area (Å²) in [5.74, 6) is 3.51. The molecule has 3 rings (SSSR count). The van der Waals surface area contributed by atoms with E-state index in [0.29, 0.717) is 28.3 Å². The fourth-order valence-electron chi connectivity index (χ4n) is 3.10. The van der Waals surface area contributed by atoms with Crippen LogP contribution in [-0.2, 0) is 6.42 Å². The third-order valence-corrected chi connectivity index (χ3v) is 4.55. The summed E-state index contributed by atoms with van der Waals surface area (Å²) >= 11 is 0. The lowest BCUT2D eigenvalue weighted by atomic mass is 10.0. The second kappa shape index (κ2) is 9.17. The molecule has 30 heavy (non-hydrogen) atoms. The molecule has 0 fully saturated rings. The zero-order valence-electron chi connectivity index (χ0n) is 16.2. The highest BCUT2D eigenvalue weighted by atomic mass is 19.4. The van der Waals surface area contributed by atoms with E-state index in [0.717, 1.165) is 19.3 Å². The van der Waals surface area contributed by atoms with Crippen LogP contribution in [0.3, 0.4) is 0 Å². The summed E-state index contributed by atoms with van der Waals surface area (Å²) in [5, 5.41) is 1.15. The fraction of sp³-hybridized carbons (Fsp3) is 0.250. The van der Waals surface area contributed by atoms with E-state index in [1.807, 2.05) is 0 Å². The van der Waals surface area contributed by atoms with Crippen molar-refractivity contribution in [3.63, 3.8) is 0 Å². The lowest BCUT2D eigenvalue weighted by Crippen LogP contribution is -2.16. The first-order valence-corrected chi connectivity index (χ1v) is 9.54. The molecule has 0 saturated heterocycles. The molecule has 0 amide bonds. The number of benzene rings is 3. The molecule has 156 valence electrons. The Morgan fingerprint density at radius 2 is 1.50 bits per heavy atom. The van der Waals surface area contributed by atoms with Crippen LogP contribution in [0.2, 0.25) is 0 Å². The first kappa shape index (κ1) is 21.6. The molecule has 0 heterocycles. The number of ether oxygens (including phenoxy) is 1. The lowest BCUT2D eigenvalue weighted by molar-refractivity contribution is -0.274. The van der Waals surface area contributed by atoms with Crippen LogP contribution in [0.1, 0.15) is 42.9 Å². The van der Waals surface area contributed by atoms with Gasteiger partial charge in [0.25, 0.3) is 0 Å². The van der Waals surface area contributed by atoms with Crippen LogP contribution >= 0.6 is 0 Å². The molecular formula is C24H19F5O. The first-order valence-electron chi connectivity index (χ1n) is 9.54. The summed E-state index contributed by atoms with van der Waals surface area (Å²) in [6.07, 6.45) is -1.26. The Hall–Kier alpha value is -3.07. The van der Waals surface area contributed by atoms with Gasteiger partial charge in [0.05, 0.1) is 5.56 Å². The summed E-state index contributed by atoms with van der Waals surface area (Å²) in [7, 11) is 0. The Labute approximate surface area is 171 Å². The first-order chi connectivity index (χ1) is 14.2. The van der Waals surface area contributed by atoms with Crippen LogP contribution in [0.25, 0.3) is 10.8 Å². The van der Waals surface area contributed by atoms with Gasteiger partial charge < -0.3 is 4.74 Å². The van der Waals surface area contributed by atoms with E-state index in [1.165, 1.54) is 30.3 Å². The molecule has 0 spiro atoms. The van der Waals surface area contributed by atoms with Gasteiger partial charge in [0, 0.05) is 5.56 Å². The van der Waals surface area contributed by atoms with Crippen molar-refractivity contribution in [3.8, 4) is 17.6 Å². The Balaban J connectivity index is 1.82. The Bertz CT molecular complexity index is 1080. The van der Waals surface area contributed by atoms with Gasteiger partial charge in [-0.1, -0.05) is 43.7 Å². The number of hydrogen-bond donors (Lipinski definition) is 0. The van der Waals surface area contributed by atoms with Crippen molar-refractivity contribution in [1.82, 2.24) is 0 Å². The molecule has 0 aromatic heterocycles. The van der Waals surface area contributed by atoms with Gasteiger partial charge in [-0.05, 0) is 65.6 Å². The number of fused-ring (bicyclic) bond motifs is 1. The summed E-state index contributed by atoms with van der Waals surface area (Å²) < 4.78 is 69.5. The van der Waals surface area contributed by atoms with Crippen LogP contribution in [0.5, 0.6) is 5.75 Å². The van der Waals surface area contributed by atoms with Gasteiger partial charge in [0.15, 0.2) is 0 Å². The van der Waals surface area contributed by atoms with E-state index in [9.17, 15) is 22.0 Å². The SMILES string of the molecule is CCCCCc1cc(F)c(C#Cc2ccc3cc(OC(F)(F)F)ccc3c2)c(F)c1. The summed E-state index contributed by atoms with van der Waals surface area (Å²) in [5.41, 5.74) is 0.785. The van der Waals surface area contributed by atoms with Gasteiger partial charge in [-0.2, -0.15) is 0 Å². The molecule has 6 heteroatoms. The van der Waals surface area contributed by atoms with Crippen molar-refractivity contribution < 1.29 is 26.7 Å². The molecular weight excluding hydrogens is 399 g/mol. The van der Waals surface area contributed by atoms with Crippen LogP contribution in [0, 0.1) is 23.5 Å². The number of rotatable bonds is 5. The van der Waals surface area contributed by atoms with E-state index in [1.54, 1.807) is 18.2 Å². The maximum atomic E-state index is 14.3. The average molecular weight is 418 g/mol. The van der Waals surface area contributed by atoms with Crippen LogP contribution in [0.4, 0.5) is 22.0 Å². The fourth-order valence-corrected chi connectivity index (χ4v) is 3.10. The molecule has 3 aromatic rings. The highest BCUT2D eigenvalue weighted by Crippen LogP contribution is 2.27. The number of unbranched alkanes of at least 4 members (excludes halogenated alkanes) is 2. The van der Waals surface area contributed by atoms with Gasteiger partial charge >= 0.3 is 6.36 Å². The molecule has 0 atom stereocenters. The smallest absolute Gasteiger partial charge is 0.406 e. The normalized spacial score (nSPS) is 11.3. The maximum Gasteiger partial charge on any atom is 0.573 e. The Morgan fingerprint density at radius 3 is 2.17 bits per heavy atom. The van der Waals surface area contributed by atoms with Crippen molar-refractivity contribution in [3.05, 3.63) is 76.9 Å². The van der Waals surface area contributed by atoms with Gasteiger partial charge in [-0.3, -0.25) is 0 Å². The second-order valence-corrected chi connectivity index (χ2v) is 6.91. The molecule has 0 aliphatic heterocycles. The maximum absolute atomic E-state index is 14.3. The van der Waals surface area contributed by atoms with Gasteiger partial charge in [0.1, 0.15) is 17.4 Å². The standard InChI is InChI=1S/C24H19F5O/c1-2-3-4-5-17-13-22(25)21(23(26)14-17)11-7-16-6-8-19-15-20(30-24(27,28)29)10-9-18(19)12-16/h6,8-10,12-15H,2-5H2,1H3. The molecule has 0 radical (unpaired) electrons. The predicted molar refractivity (Wildman–Crippen MR) is 106 cm³/mol. The van der Waals surface area contributed by atoms with Crippen LogP contribution < -0.4 is 4.74 Å². The Kier molecular flexibility index (Phi) is 6.61. The minimum Gasteiger partial charge on any atom is -0.406 e. The summed E-state index contributed by atoms with van der Waals surface area (Å²) in [4.78, 5) is 0. The largest absolute Gasteiger partial charge is 0.573 e. The van der Waals surface area contributed by atoms with Crippen molar-refractivity contribution in [2.75, 3.05) is 0 Å². The van der Waals surface area contributed by atoms with E-state index in [4.69, 9.17) is 0 Å². The predicted octanol–water partition coefficient (Wildman–Crippen LogP) is 7.15. The van der Waals surface area contributed by atoms with Crippen molar-refractivity contribution in [2.24, 2.45) is 0 Å². The number of alkyl halides is 3. The minimum atomic E-state index is -4.77.